The van der Waals surface area contributed by atoms with Gasteiger partial charge in [0.15, 0.2) is 0 Å². The molecule has 0 amide bonds. The van der Waals surface area contributed by atoms with Crippen LogP contribution in [0.4, 0.5) is 4.39 Å². The van der Waals surface area contributed by atoms with Crippen LogP contribution in [0.25, 0.3) is 0 Å². The molecule has 12 heavy (non-hydrogen) atoms. The molecule has 0 nitrogen and oxygen atoms in total. The molecule has 0 heterocycles. The summed E-state index contributed by atoms with van der Waals surface area (Å²) in [6.45, 7) is 6.28. The molecule has 0 aromatic heterocycles. The predicted molar refractivity (Wildman–Crippen MR) is 54.4 cm³/mol. The molecule has 72 valence electrons. The number of hydrogen-bond donors (Lipinski definition) is 1. The highest BCUT2D eigenvalue weighted by molar-refractivity contribution is 7.81. The Hall–Kier alpha value is 0.280. The molecule has 0 bridgehead atoms. The Morgan fingerprint density at radius 1 is 1.42 bits per heavy atom. The van der Waals surface area contributed by atoms with Crippen LogP contribution in [-0.2, 0) is 0 Å². The van der Waals surface area contributed by atoms with E-state index in [1.165, 1.54) is 0 Å². The summed E-state index contributed by atoms with van der Waals surface area (Å²) in [6, 6.07) is 0. The minimum absolute atomic E-state index is 0.0391. The Labute approximate surface area is 80.3 Å². The standard InChI is InChI=1S/C10H19FS/c1-4-8-5-6(2)10(12)9(11)7(8)3/h6-10,12H,4-5H2,1-3H3. The lowest BCUT2D eigenvalue weighted by atomic mass is 9.73. The average Bonchev–Trinajstić information content (AvgIpc) is 2.08. The molecular weight excluding hydrogens is 171 g/mol. The van der Waals surface area contributed by atoms with Crippen molar-refractivity contribution in [1.29, 1.82) is 0 Å². The Balaban J connectivity index is 2.63. The van der Waals surface area contributed by atoms with Gasteiger partial charge in [0.1, 0.15) is 6.17 Å². The monoisotopic (exact) mass is 190 g/mol. The molecule has 0 radical (unpaired) electrons. The number of hydrogen-bond acceptors (Lipinski definition) is 1. The lowest BCUT2D eigenvalue weighted by Gasteiger charge is -2.39. The zero-order valence-corrected chi connectivity index (χ0v) is 9.02. The topological polar surface area (TPSA) is 0 Å². The minimum atomic E-state index is -0.706. The summed E-state index contributed by atoms with van der Waals surface area (Å²) >= 11 is 4.31. The Bertz CT molecular complexity index is 144. The van der Waals surface area contributed by atoms with Gasteiger partial charge < -0.3 is 0 Å². The van der Waals surface area contributed by atoms with Crippen LogP contribution in [0.1, 0.15) is 33.6 Å². The summed E-state index contributed by atoms with van der Waals surface area (Å²) < 4.78 is 13.6. The van der Waals surface area contributed by atoms with Crippen molar-refractivity contribution in [1.82, 2.24) is 0 Å². The van der Waals surface area contributed by atoms with Gasteiger partial charge in [-0.25, -0.2) is 4.39 Å². The smallest absolute Gasteiger partial charge is 0.115 e. The Kier molecular flexibility index (Phi) is 3.45. The summed E-state index contributed by atoms with van der Waals surface area (Å²) in [6.07, 6.45) is 1.54. The van der Waals surface area contributed by atoms with Crippen LogP contribution < -0.4 is 0 Å². The van der Waals surface area contributed by atoms with Crippen molar-refractivity contribution in [2.24, 2.45) is 17.8 Å². The van der Waals surface area contributed by atoms with E-state index in [9.17, 15) is 4.39 Å². The molecule has 0 N–H and O–H groups in total. The second-order valence-electron chi connectivity index (χ2n) is 4.18. The van der Waals surface area contributed by atoms with Crippen LogP contribution in [0, 0.1) is 17.8 Å². The molecule has 1 aliphatic rings. The van der Waals surface area contributed by atoms with Gasteiger partial charge in [0.2, 0.25) is 0 Å². The van der Waals surface area contributed by atoms with Gasteiger partial charge in [-0.1, -0.05) is 27.2 Å². The first-order valence-corrected chi connectivity index (χ1v) is 5.41. The van der Waals surface area contributed by atoms with Crippen molar-refractivity contribution < 1.29 is 4.39 Å². The summed E-state index contributed by atoms with van der Waals surface area (Å²) in [5, 5.41) is -0.0391. The molecule has 1 aliphatic carbocycles. The third-order valence-electron chi connectivity index (χ3n) is 3.35. The number of halogens is 1. The van der Waals surface area contributed by atoms with Crippen LogP contribution in [0.5, 0.6) is 0 Å². The van der Waals surface area contributed by atoms with Gasteiger partial charge >= 0.3 is 0 Å². The van der Waals surface area contributed by atoms with E-state index in [1.807, 2.05) is 6.92 Å². The second kappa shape index (κ2) is 3.99. The molecule has 0 aliphatic heterocycles. The lowest BCUT2D eigenvalue weighted by molar-refractivity contribution is 0.0932. The third-order valence-corrected chi connectivity index (χ3v) is 4.15. The first kappa shape index (κ1) is 10.4. The van der Waals surface area contributed by atoms with Crippen molar-refractivity contribution in [3.8, 4) is 0 Å². The molecule has 0 saturated heterocycles. The van der Waals surface area contributed by atoms with Gasteiger partial charge in [0.25, 0.3) is 0 Å². The highest BCUT2D eigenvalue weighted by Crippen LogP contribution is 2.39. The van der Waals surface area contributed by atoms with E-state index in [-0.39, 0.29) is 11.2 Å². The predicted octanol–water partition coefficient (Wildman–Crippen LogP) is 3.33. The van der Waals surface area contributed by atoms with Crippen LogP contribution in [0.3, 0.4) is 0 Å². The SMILES string of the molecule is CCC1CC(C)C(S)C(F)C1C. The van der Waals surface area contributed by atoms with Crippen molar-refractivity contribution in [2.45, 2.75) is 45.0 Å². The second-order valence-corrected chi connectivity index (χ2v) is 4.77. The first-order valence-electron chi connectivity index (χ1n) is 4.90. The van der Waals surface area contributed by atoms with Gasteiger partial charge in [-0.2, -0.15) is 12.6 Å². The van der Waals surface area contributed by atoms with E-state index >= 15 is 0 Å². The normalized spacial score (nSPS) is 49.2. The van der Waals surface area contributed by atoms with E-state index in [1.54, 1.807) is 0 Å². The summed E-state index contributed by atoms with van der Waals surface area (Å²) in [5.74, 6) is 1.21. The van der Waals surface area contributed by atoms with Gasteiger partial charge in [-0.15, -0.1) is 0 Å². The molecule has 1 fully saturated rings. The van der Waals surface area contributed by atoms with Crippen LogP contribution in [0.2, 0.25) is 0 Å². The van der Waals surface area contributed by atoms with Crippen LogP contribution in [0.15, 0.2) is 0 Å². The molecule has 1 saturated carbocycles. The fraction of sp³-hybridized carbons (Fsp3) is 1.00. The molecule has 0 aromatic carbocycles. The van der Waals surface area contributed by atoms with Gasteiger partial charge in [0, 0.05) is 5.25 Å². The fourth-order valence-corrected chi connectivity index (χ4v) is 2.65. The van der Waals surface area contributed by atoms with Crippen molar-refractivity contribution in [3.63, 3.8) is 0 Å². The van der Waals surface area contributed by atoms with E-state index in [0.29, 0.717) is 11.8 Å². The van der Waals surface area contributed by atoms with Crippen molar-refractivity contribution in [2.75, 3.05) is 0 Å². The maximum absolute atomic E-state index is 13.6. The largest absolute Gasteiger partial charge is 0.246 e. The molecule has 5 atom stereocenters. The Morgan fingerprint density at radius 3 is 2.50 bits per heavy atom. The summed E-state index contributed by atoms with van der Waals surface area (Å²) in [7, 11) is 0. The molecule has 5 unspecified atom stereocenters. The third kappa shape index (κ3) is 1.78. The summed E-state index contributed by atoms with van der Waals surface area (Å²) in [5.41, 5.74) is 0. The van der Waals surface area contributed by atoms with E-state index < -0.39 is 6.17 Å². The maximum atomic E-state index is 13.6. The molecule has 1 rings (SSSR count). The van der Waals surface area contributed by atoms with Crippen molar-refractivity contribution >= 4 is 12.6 Å². The molecular formula is C10H19FS. The highest BCUT2D eigenvalue weighted by atomic mass is 32.1. The maximum Gasteiger partial charge on any atom is 0.115 e. The number of alkyl halides is 1. The van der Waals surface area contributed by atoms with Gasteiger partial charge in [0.05, 0.1) is 0 Å². The average molecular weight is 190 g/mol. The van der Waals surface area contributed by atoms with E-state index in [4.69, 9.17) is 0 Å². The van der Waals surface area contributed by atoms with Gasteiger partial charge in [-0.3, -0.25) is 0 Å². The van der Waals surface area contributed by atoms with Crippen molar-refractivity contribution in [3.05, 3.63) is 0 Å². The Morgan fingerprint density at radius 2 is 2.00 bits per heavy atom. The van der Waals surface area contributed by atoms with Crippen LogP contribution in [-0.4, -0.2) is 11.4 Å². The number of thiol groups is 1. The summed E-state index contributed by atoms with van der Waals surface area (Å²) in [4.78, 5) is 0. The first-order chi connectivity index (χ1) is 5.57. The molecule has 0 aromatic rings. The molecule has 0 spiro atoms. The van der Waals surface area contributed by atoms with E-state index in [2.05, 4.69) is 26.5 Å². The van der Waals surface area contributed by atoms with Gasteiger partial charge in [-0.05, 0) is 24.2 Å². The minimum Gasteiger partial charge on any atom is -0.246 e. The van der Waals surface area contributed by atoms with E-state index in [0.717, 1.165) is 12.8 Å². The lowest BCUT2D eigenvalue weighted by Crippen LogP contribution is -2.40. The number of rotatable bonds is 1. The zero-order valence-electron chi connectivity index (χ0n) is 8.13. The molecule has 2 heteroatoms. The zero-order chi connectivity index (χ0) is 9.30. The van der Waals surface area contributed by atoms with Crippen LogP contribution >= 0.6 is 12.6 Å². The fourth-order valence-electron chi connectivity index (χ4n) is 2.25. The highest BCUT2D eigenvalue weighted by Gasteiger charge is 2.38. The quantitative estimate of drug-likeness (QED) is 0.602.